The number of hydrogen-bond acceptors (Lipinski definition) is 3. The molecule has 1 fully saturated rings. The Hall–Kier alpha value is -2.84. The van der Waals surface area contributed by atoms with Gasteiger partial charge in [0.05, 0.1) is 11.6 Å². The van der Waals surface area contributed by atoms with Crippen LogP contribution in [0.4, 0.5) is 10.5 Å². The molecule has 1 aliphatic heterocycles. The molecular formula is C23H26N4O. The minimum atomic E-state index is -0.173. The average molecular weight is 374 g/mol. The van der Waals surface area contributed by atoms with Crippen molar-refractivity contribution in [3.8, 4) is 6.07 Å². The summed E-state index contributed by atoms with van der Waals surface area (Å²) in [5.41, 5.74) is 4.25. The van der Waals surface area contributed by atoms with E-state index in [1.807, 2.05) is 0 Å². The van der Waals surface area contributed by atoms with E-state index in [4.69, 9.17) is 5.26 Å². The largest absolute Gasteiger partial charge is 0.335 e. The molecule has 2 N–H and O–H groups in total. The third-order valence-electron chi connectivity index (χ3n) is 6.16. The maximum atomic E-state index is 12.4. The number of carbonyl (C=O) groups excluding carboxylic acids is 1. The van der Waals surface area contributed by atoms with Crippen molar-refractivity contribution in [1.82, 2.24) is 10.2 Å². The van der Waals surface area contributed by atoms with Gasteiger partial charge in [0.1, 0.15) is 0 Å². The normalized spacial score (nSPS) is 22.3. The predicted molar refractivity (Wildman–Crippen MR) is 110 cm³/mol. The molecule has 1 unspecified atom stereocenters. The van der Waals surface area contributed by atoms with Crippen molar-refractivity contribution in [3.05, 3.63) is 65.2 Å². The van der Waals surface area contributed by atoms with Crippen molar-refractivity contribution in [2.24, 2.45) is 5.92 Å². The molecule has 0 radical (unpaired) electrons. The van der Waals surface area contributed by atoms with Crippen LogP contribution < -0.4 is 10.6 Å². The lowest BCUT2D eigenvalue weighted by molar-refractivity contribution is 0.113. The van der Waals surface area contributed by atoms with Gasteiger partial charge in [0.25, 0.3) is 0 Å². The number of fused-ring (bicyclic) bond motifs is 1. The van der Waals surface area contributed by atoms with Crippen LogP contribution in [0.25, 0.3) is 0 Å². The van der Waals surface area contributed by atoms with Crippen LogP contribution in [0.3, 0.4) is 0 Å². The molecule has 144 valence electrons. The second kappa shape index (κ2) is 8.04. The summed E-state index contributed by atoms with van der Waals surface area (Å²) in [4.78, 5) is 14.9. The van der Waals surface area contributed by atoms with Crippen molar-refractivity contribution in [3.63, 3.8) is 0 Å². The zero-order chi connectivity index (χ0) is 19.5. The van der Waals surface area contributed by atoms with Gasteiger partial charge in [-0.15, -0.1) is 0 Å². The minimum absolute atomic E-state index is 0.173. The molecule has 1 saturated heterocycles. The van der Waals surface area contributed by atoms with Gasteiger partial charge in [0.2, 0.25) is 0 Å². The summed E-state index contributed by atoms with van der Waals surface area (Å²) in [7, 11) is 2.21. The third kappa shape index (κ3) is 4.02. The number of anilines is 1. The van der Waals surface area contributed by atoms with Crippen LogP contribution in [-0.2, 0) is 12.8 Å². The Morgan fingerprint density at radius 2 is 1.79 bits per heavy atom. The highest BCUT2D eigenvalue weighted by atomic mass is 16.2. The van der Waals surface area contributed by atoms with Gasteiger partial charge in [-0.2, -0.15) is 5.26 Å². The molecule has 2 atom stereocenters. The lowest BCUT2D eigenvalue weighted by Gasteiger charge is -2.40. The van der Waals surface area contributed by atoms with Gasteiger partial charge in [-0.05, 0) is 74.0 Å². The Morgan fingerprint density at radius 1 is 1.11 bits per heavy atom. The first kappa shape index (κ1) is 18.5. The SMILES string of the molecule is CN1CCC(NC(=O)Nc2ccc(C#N)cc2)C[C@@H]1C1Cc2ccccc2C1. The molecule has 1 aliphatic carbocycles. The molecular weight excluding hydrogens is 348 g/mol. The van der Waals surface area contributed by atoms with E-state index in [9.17, 15) is 4.79 Å². The fourth-order valence-electron chi connectivity index (χ4n) is 4.64. The van der Waals surface area contributed by atoms with E-state index in [1.165, 1.54) is 11.1 Å². The van der Waals surface area contributed by atoms with E-state index < -0.39 is 0 Å². The maximum absolute atomic E-state index is 12.4. The molecule has 0 saturated carbocycles. The first-order valence-electron chi connectivity index (χ1n) is 9.97. The second-order valence-electron chi connectivity index (χ2n) is 7.99. The average Bonchev–Trinajstić information content (AvgIpc) is 3.14. The van der Waals surface area contributed by atoms with Crippen molar-refractivity contribution in [2.75, 3.05) is 18.9 Å². The van der Waals surface area contributed by atoms with Gasteiger partial charge in [-0.3, -0.25) is 0 Å². The summed E-state index contributed by atoms with van der Waals surface area (Å²) in [5.74, 6) is 0.619. The Bertz CT molecular complexity index is 861. The summed E-state index contributed by atoms with van der Waals surface area (Å²) in [6.07, 6.45) is 4.22. The molecule has 0 spiro atoms. The number of benzene rings is 2. The smallest absolute Gasteiger partial charge is 0.319 e. The highest BCUT2D eigenvalue weighted by Crippen LogP contribution is 2.34. The Balaban J connectivity index is 1.34. The zero-order valence-electron chi connectivity index (χ0n) is 16.2. The minimum Gasteiger partial charge on any atom is -0.335 e. The van der Waals surface area contributed by atoms with Crippen LogP contribution in [-0.4, -0.2) is 36.6 Å². The van der Waals surface area contributed by atoms with Crippen molar-refractivity contribution >= 4 is 11.7 Å². The molecule has 5 heteroatoms. The quantitative estimate of drug-likeness (QED) is 0.863. The zero-order valence-corrected chi connectivity index (χ0v) is 16.2. The fraction of sp³-hybridized carbons (Fsp3) is 0.391. The molecule has 2 amide bonds. The van der Waals surface area contributed by atoms with Gasteiger partial charge < -0.3 is 15.5 Å². The molecule has 5 nitrogen and oxygen atoms in total. The maximum Gasteiger partial charge on any atom is 0.319 e. The molecule has 0 bridgehead atoms. The standard InChI is InChI=1S/C23H26N4O/c1-27-11-10-21(26-23(28)25-20-8-6-16(15-24)7-9-20)14-22(27)19-12-17-4-2-3-5-18(17)13-19/h2-9,19,21-22H,10-14H2,1H3,(H2,25,26,28)/t21?,22-/m1/s1. The highest BCUT2D eigenvalue weighted by molar-refractivity contribution is 5.89. The van der Waals surface area contributed by atoms with E-state index in [0.717, 1.165) is 32.2 Å². The van der Waals surface area contributed by atoms with E-state index >= 15 is 0 Å². The number of nitriles is 1. The van der Waals surface area contributed by atoms with E-state index in [-0.39, 0.29) is 12.1 Å². The van der Waals surface area contributed by atoms with Crippen LogP contribution in [0.1, 0.15) is 29.5 Å². The van der Waals surface area contributed by atoms with Crippen LogP contribution >= 0.6 is 0 Å². The number of carbonyl (C=O) groups is 1. The van der Waals surface area contributed by atoms with Gasteiger partial charge >= 0.3 is 6.03 Å². The summed E-state index contributed by atoms with van der Waals surface area (Å²) in [5, 5.41) is 14.9. The van der Waals surface area contributed by atoms with Crippen LogP contribution in [0.15, 0.2) is 48.5 Å². The summed E-state index contributed by atoms with van der Waals surface area (Å²) in [6, 6.07) is 18.3. The lowest BCUT2D eigenvalue weighted by Crippen LogP contribution is -2.52. The number of nitrogens with zero attached hydrogens (tertiary/aromatic N) is 2. The van der Waals surface area contributed by atoms with Crippen molar-refractivity contribution < 1.29 is 4.79 Å². The van der Waals surface area contributed by atoms with E-state index in [0.29, 0.717) is 23.2 Å². The van der Waals surface area contributed by atoms with Crippen molar-refractivity contribution in [2.45, 2.75) is 37.8 Å². The monoisotopic (exact) mass is 374 g/mol. The predicted octanol–water partition coefficient (Wildman–Crippen LogP) is 3.56. The molecule has 0 aromatic heterocycles. The van der Waals surface area contributed by atoms with E-state index in [1.54, 1.807) is 24.3 Å². The number of hydrogen-bond donors (Lipinski definition) is 2. The molecule has 4 rings (SSSR count). The third-order valence-corrected chi connectivity index (χ3v) is 6.16. The number of piperidine rings is 1. The van der Waals surface area contributed by atoms with Crippen LogP contribution in [0.5, 0.6) is 0 Å². The van der Waals surface area contributed by atoms with Gasteiger partial charge in [-0.1, -0.05) is 24.3 Å². The second-order valence-corrected chi connectivity index (χ2v) is 7.99. The molecule has 2 aliphatic rings. The molecule has 2 aromatic carbocycles. The lowest BCUT2D eigenvalue weighted by atomic mass is 9.86. The summed E-state index contributed by atoms with van der Waals surface area (Å²) in [6.45, 7) is 0.999. The number of urea groups is 1. The van der Waals surface area contributed by atoms with Crippen LogP contribution in [0.2, 0.25) is 0 Å². The van der Waals surface area contributed by atoms with Gasteiger partial charge in [0.15, 0.2) is 0 Å². The first-order chi connectivity index (χ1) is 13.6. The highest BCUT2D eigenvalue weighted by Gasteiger charge is 2.35. The number of amides is 2. The van der Waals surface area contributed by atoms with Gasteiger partial charge in [0, 0.05) is 24.3 Å². The molecule has 2 aromatic rings. The topological polar surface area (TPSA) is 68.2 Å². The Kier molecular flexibility index (Phi) is 5.31. The number of nitrogens with one attached hydrogen (secondary N) is 2. The Labute approximate surface area is 166 Å². The summed E-state index contributed by atoms with van der Waals surface area (Å²) < 4.78 is 0. The number of likely N-dealkylation sites (tertiary alicyclic amines) is 1. The summed E-state index contributed by atoms with van der Waals surface area (Å²) >= 11 is 0. The molecule has 28 heavy (non-hydrogen) atoms. The van der Waals surface area contributed by atoms with Gasteiger partial charge in [-0.25, -0.2) is 4.79 Å². The fourth-order valence-corrected chi connectivity index (χ4v) is 4.64. The molecule has 1 heterocycles. The first-order valence-corrected chi connectivity index (χ1v) is 9.97. The number of rotatable bonds is 3. The Morgan fingerprint density at radius 3 is 2.43 bits per heavy atom. The van der Waals surface area contributed by atoms with E-state index in [2.05, 4.69) is 52.9 Å². The van der Waals surface area contributed by atoms with Crippen LogP contribution in [0, 0.1) is 17.2 Å². The van der Waals surface area contributed by atoms with Crippen molar-refractivity contribution in [1.29, 1.82) is 5.26 Å².